The molecule has 0 radical (unpaired) electrons. The van der Waals surface area contributed by atoms with Gasteiger partial charge < -0.3 is 5.32 Å². The first-order chi connectivity index (χ1) is 9.22. The maximum Gasteiger partial charge on any atom is 0.0931 e. The van der Waals surface area contributed by atoms with Crippen LogP contribution in [0.15, 0.2) is 30.3 Å². The number of hydrogen-bond donors (Lipinski definition) is 1. The SMILES string of the molecule is CN(Cc1ccc(Cl)s1)Cc1cccc2c1NCC2. The van der Waals surface area contributed by atoms with Crippen LogP contribution in [0.4, 0.5) is 5.69 Å². The van der Waals surface area contributed by atoms with Crippen LogP contribution in [0.5, 0.6) is 0 Å². The van der Waals surface area contributed by atoms with E-state index < -0.39 is 0 Å². The van der Waals surface area contributed by atoms with Crippen LogP contribution >= 0.6 is 22.9 Å². The molecule has 0 unspecified atom stereocenters. The average Bonchev–Trinajstić information content (AvgIpc) is 2.98. The van der Waals surface area contributed by atoms with Crippen LogP contribution in [0, 0.1) is 0 Å². The minimum absolute atomic E-state index is 0.866. The number of benzene rings is 1. The Bertz CT molecular complexity index is 579. The second-order valence-electron chi connectivity index (χ2n) is 5.01. The number of halogens is 1. The van der Waals surface area contributed by atoms with Crippen molar-refractivity contribution >= 4 is 28.6 Å². The summed E-state index contributed by atoms with van der Waals surface area (Å²) in [5, 5.41) is 3.50. The van der Waals surface area contributed by atoms with E-state index in [2.05, 4.69) is 41.5 Å². The molecule has 0 bridgehead atoms. The first-order valence-electron chi connectivity index (χ1n) is 6.50. The van der Waals surface area contributed by atoms with Crippen LogP contribution in [0.25, 0.3) is 0 Å². The highest BCUT2D eigenvalue weighted by molar-refractivity contribution is 7.16. The predicted octanol–water partition coefficient (Wildman–Crippen LogP) is 4.00. The highest BCUT2D eigenvalue weighted by Gasteiger charge is 2.14. The molecule has 0 aliphatic carbocycles. The van der Waals surface area contributed by atoms with Gasteiger partial charge in [0.2, 0.25) is 0 Å². The Morgan fingerprint density at radius 3 is 2.95 bits per heavy atom. The second kappa shape index (κ2) is 5.53. The Kier molecular flexibility index (Phi) is 3.78. The standard InChI is InChI=1S/C15H17ClN2S/c1-18(10-13-5-6-14(16)19-13)9-12-4-2-3-11-7-8-17-15(11)12/h2-6,17H,7-10H2,1H3. The van der Waals surface area contributed by atoms with Crippen LogP contribution in [0.1, 0.15) is 16.0 Å². The summed E-state index contributed by atoms with van der Waals surface area (Å²) in [5.41, 5.74) is 4.18. The van der Waals surface area contributed by atoms with Crippen molar-refractivity contribution in [1.29, 1.82) is 0 Å². The fourth-order valence-electron chi connectivity index (χ4n) is 2.59. The summed E-state index contributed by atoms with van der Waals surface area (Å²) < 4.78 is 0.866. The Labute approximate surface area is 123 Å². The molecule has 3 rings (SSSR count). The van der Waals surface area contributed by atoms with Gasteiger partial charge in [-0.1, -0.05) is 29.8 Å². The zero-order valence-electron chi connectivity index (χ0n) is 10.9. The maximum atomic E-state index is 5.97. The molecule has 2 heterocycles. The number of anilines is 1. The van der Waals surface area contributed by atoms with Crippen molar-refractivity contribution < 1.29 is 0 Å². The molecule has 19 heavy (non-hydrogen) atoms. The largest absolute Gasteiger partial charge is 0.384 e. The molecule has 0 saturated heterocycles. The van der Waals surface area contributed by atoms with Gasteiger partial charge in [-0.3, -0.25) is 4.90 Å². The first kappa shape index (κ1) is 13.0. The lowest BCUT2D eigenvalue weighted by Crippen LogP contribution is -2.17. The van der Waals surface area contributed by atoms with Crippen LogP contribution in [0.3, 0.4) is 0 Å². The number of para-hydroxylation sites is 1. The van der Waals surface area contributed by atoms with Gasteiger partial charge in [-0.2, -0.15) is 0 Å². The molecule has 0 saturated carbocycles. The van der Waals surface area contributed by atoms with Gasteiger partial charge in [0.25, 0.3) is 0 Å². The van der Waals surface area contributed by atoms with Gasteiger partial charge in [0.15, 0.2) is 0 Å². The smallest absolute Gasteiger partial charge is 0.0931 e. The van der Waals surface area contributed by atoms with E-state index in [1.54, 1.807) is 11.3 Å². The third kappa shape index (κ3) is 2.94. The topological polar surface area (TPSA) is 15.3 Å². The van der Waals surface area contributed by atoms with E-state index in [1.165, 1.54) is 21.7 Å². The number of fused-ring (bicyclic) bond motifs is 1. The van der Waals surface area contributed by atoms with Crippen LogP contribution in [0.2, 0.25) is 4.34 Å². The zero-order valence-corrected chi connectivity index (χ0v) is 12.5. The number of rotatable bonds is 4. The molecule has 1 aromatic carbocycles. The molecule has 0 fully saturated rings. The molecule has 2 aromatic rings. The van der Waals surface area contributed by atoms with E-state index >= 15 is 0 Å². The summed E-state index contributed by atoms with van der Waals surface area (Å²) in [6.45, 7) is 2.98. The normalized spacial score (nSPS) is 13.6. The number of thiophene rings is 1. The van der Waals surface area contributed by atoms with Gasteiger partial charge in [0.05, 0.1) is 4.34 Å². The molecule has 0 amide bonds. The van der Waals surface area contributed by atoms with E-state index in [0.717, 1.165) is 30.4 Å². The van der Waals surface area contributed by atoms with Gasteiger partial charge in [-0.25, -0.2) is 0 Å². The molecular weight excluding hydrogens is 276 g/mol. The quantitative estimate of drug-likeness (QED) is 0.916. The van der Waals surface area contributed by atoms with Crippen molar-refractivity contribution in [3.05, 3.63) is 50.7 Å². The summed E-state index contributed by atoms with van der Waals surface area (Å²) in [5.74, 6) is 0. The fourth-order valence-corrected chi connectivity index (χ4v) is 3.76. The van der Waals surface area contributed by atoms with Crippen molar-refractivity contribution in [2.75, 3.05) is 18.9 Å². The third-order valence-electron chi connectivity index (χ3n) is 3.43. The Morgan fingerprint density at radius 1 is 1.26 bits per heavy atom. The van der Waals surface area contributed by atoms with Gasteiger partial charge in [-0.15, -0.1) is 11.3 Å². The van der Waals surface area contributed by atoms with Crippen LogP contribution < -0.4 is 5.32 Å². The van der Waals surface area contributed by atoms with E-state index in [9.17, 15) is 0 Å². The van der Waals surface area contributed by atoms with E-state index in [-0.39, 0.29) is 0 Å². The lowest BCUT2D eigenvalue weighted by Gasteiger charge is -2.18. The van der Waals surface area contributed by atoms with Crippen LogP contribution in [-0.4, -0.2) is 18.5 Å². The Hall–Kier alpha value is -1.03. The molecule has 1 aliphatic rings. The van der Waals surface area contributed by atoms with Gasteiger partial charge in [0, 0.05) is 30.2 Å². The second-order valence-corrected chi connectivity index (χ2v) is 6.81. The highest BCUT2D eigenvalue weighted by atomic mass is 35.5. The monoisotopic (exact) mass is 292 g/mol. The Balaban J connectivity index is 1.70. The summed E-state index contributed by atoms with van der Waals surface area (Å²) in [4.78, 5) is 3.64. The summed E-state index contributed by atoms with van der Waals surface area (Å²) >= 11 is 7.63. The van der Waals surface area contributed by atoms with Crippen molar-refractivity contribution in [1.82, 2.24) is 4.90 Å². The minimum atomic E-state index is 0.866. The first-order valence-corrected chi connectivity index (χ1v) is 7.69. The van der Waals surface area contributed by atoms with E-state index in [0.29, 0.717) is 0 Å². The number of hydrogen-bond acceptors (Lipinski definition) is 3. The van der Waals surface area contributed by atoms with Crippen molar-refractivity contribution in [2.45, 2.75) is 19.5 Å². The lowest BCUT2D eigenvalue weighted by atomic mass is 10.1. The van der Waals surface area contributed by atoms with E-state index in [1.807, 2.05) is 6.07 Å². The summed E-state index contributed by atoms with van der Waals surface area (Å²) in [6, 6.07) is 10.7. The summed E-state index contributed by atoms with van der Waals surface area (Å²) in [7, 11) is 2.15. The maximum absolute atomic E-state index is 5.97. The molecule has 1 N–H and O–H groups in total. The molecule has 4 heteroatoms. The van der Waals surface area contributed by atoms with Gasteiger partial charge in [-0.05, 0) is 36.7 Å². The van der Waals surface area contributed by atoms with Gasteiger partial charge >= 0.3 is 0 Å². The van der Waals surface area contributed by atoms with Crippen molar-refractivity contribution in [3.8, 4) is 0 Å². The average molecular weight is 293 g/mol. The highest BCUT2D eigenvalue weighted by Crippen LogP contribution is 2.28. The molecule has 1 aromatic heterocycles. The van der Waals surface area contributed by atoms with Crippen molar-refractivity contribution in [2.24, 2.45) is 0 Å². The third-order valence-corrected chi connectivity index (χ3v) is 4.64. The molecule has 0 spiro atoms. The van der Waals surface area contributed by atoms with Gasteiger partial charge in [0.1, 0.15) is 0 Å². The number of nitrogens with zero attached hydrogens (tertiary/aromatic N) is 1. The molecule has 2 nitrogen and oxygen atoms in total. The summed E-state index contributed by atoms with van der Waals surface area (Å²) in [6.07, 6.45) is 1.15. The number of nitrogens with one attached hydrogen (secondary N) is 1. The Morgan fingerprint density at radius 2 is 2.16 bits per heavy atom. The predicted molar refractivity (Wildman–Crippen MR) is 83.1 cm³/mol. The fraction of sp³-hybridized carbons (Fsp3) is 0.333. The van der Waals surface area contributed by atoms with Crippen molar-refractivity contribution in [3.63, 3.8) is 0 Å². The molecular formula is C15H17ClN2S. The lowest BCUT2D eigenvalue weighted by molar-refractivity contribution is 0.322. The molecule has 0 atom stereocenters. The molecule has 100 valence electrons. The zero-order chi connectivity index (χ0) is 13.2. The molecule has 1 aliphatic heterocycles. The minimum Gasteiger partial charge on any atom is -0.384 e. The van der Waals surface area contributed by atoms with E-state index in [4.69, 9.17) is 11.6 Å². The van der Waals surface area contributed by atoms with Crippen LogP contribution in [-0.2, 0) is 19.5 Å².